The average molecular weight is 408 g/mol. The van der Waals surface area contributed by atoms with Crippen LogP contribution in [-0.2, 0) is 6.42 Å². The van der Waals surface area contributed by atoms with E-state index in [9.17, 15) is 9.18 Å². The number of anilines is 3. The molecule has 0 unspecified atom stereocenters. The fourth-order valence-corrected chi connectivity index (χ4v) is 5.14. The summed E-state index contributed by atoms with van der Waals surface area (Å²) in [4.78, 5) is 20.2. The van der Waals surface area contributed by atoms with Crippen LogP contribution in [0.3, 0.4) is 0 Å². The van der Waals surface area contributed by atoms with E-state index >= 15 is 0 Å². The van der Waals surface area contributed by atoms with Crippen LogP contribution in [0.4, 0.5) is 20.8 Å². The monoisotopic (exact) mass is 407 g/mol. The van der Waals surface area contributed by atoms with Crippen molar-refractivity contribution in [2.45, 2.75) is 6.42 Å². The van der Waals surface area contributed by atoms with E-state index in [1.54, 1.807) is 23.5 Å². The predicted octanol–water partition coefficient (Wildman–Crippen LogP) is 4.54. The molecule has 1 aromatic heterocycles. The molecule has 0 atom stereocenters. The van der Waals surface area contributed by atoms with Crippen molar-refractivity contribution in [3.63, 3.8) is 0 Å². The molecule has 2 aliphatic rings. The molecule has 6 heteroatoms. The minimum Gasteiger partial charge on any atom is -0.368 e. The van der Waals surface area contributed by atoms with Gasteiger partial charge in [-0.2, -0.15) is 0 Å². The van der Waals surface area contributed by atoms with E-state index in [-0.39, 0.29) is 11.7 Å². The van der Waals surface area contributed by atoms with E-state index in [0.717, 1.165) is 41.6 Å². The molecule has 3 aromatic rings. The summed E-state index contributed by atoms with van der Waals surface area (Å²) in [6.45, 7) is 3.83. The Balaban J connectivity index is 1.25. The molecule has 3 heterocycles. The smallest absolute Gasteiger partial charge is 0.264 e. The summed E-state index contributed by atoms with van der Waals surface area (Å²) in [6, 6.07) is 19.1. The van der Waals surface area contributed by atoms with E-state index in [4.69, 9.17) is 0 Å². The number of halogens is 1. The number of thiophene rings is 1. The van der Waals surface area contributed by atoms with E-state index in [0.29, 0.717) is 13.1 Å². The van der Waals surface area contributed by atoms with Gasteiger partial charge in [0.05, 0.1) is 9.88 Å². The van der Waals surface area contributed by atoms with Crippen molar-refractivity contribution >= 4 is 33.6 Å². The van der Waals surface area contributed by atoms with Crippen LogP contribution >= 0.6 is 11.3 Å². The van der Waals surface area contributed by atoms with Gasteiger partial charge in [0.2, 0.25) is 0 Å². The van der Waals surface area contributed by atoms with Crippen LogP contribution in [0.15, 0.2) is 60.7 Å². The minimum atomic E-state index is -0.225. The third-order valence-electron chi connectivity index (χ3n) is 5.71. The molecule has 0 N–H and O–H groups in total. The Morgan fingerprint density at radius 3 is 2.41 bits per heavy atom. The maximum atomic E-state index is 13.1. The van der Waals surface area contributed by atoms with Crippen molar-refractivity contribution < 1.29 is 9.18 Å². The summed E-state index contributed by atoms with van der Waals surface area (Å²) < 4.78 is 13.1. The van der Waals surface area contributed by atoms with Crippen LogP contribution < -0.4 is 9.80 Å². The summed E-state index contributed by atoms with van der Waals surface area (Å²) >= 11 is 1.57. The first-order chi connectivity index (χ1) is 14.2. The number of piperazine rings is 1. The molecule has 4 nitrogen and oxygen atoms in total. The molecule has 1 amide bonds. The normalized spacial score (nSPS) is 16.2. The van der Waals surface area contributed by atoms with Gasteiger partial charge in [0, 0.05) is 44.1 Å². The second-order valence-corrected chi connectivity index (χ2v) is 8.49. The highest BCUT2D eigenvalue weighted by molar-refractivity contribution is 7.18. The van der Waals surface area contributed by atoms with Gasteiger partial charge in [-0.1, -0.05) is 18.2 Å². The van der Waals surface area contributed by atoms with Crippen molar-refractivity contribution in [2.75, 3.05) is 42.5 Å². The summed E-state index contributed by atoms with van der Waals surface area (Å²) in [5.74, 6) is -0.121. The number of carbonyl (C=O) groups is 1. The largest absolute Gasteiger partial charge is 0.368 e. The molecule has 2 aromatic carbocycles. The number of amides is 1. The molecule has 0 radical (unpaired) electrons. The van der Waals surface area contributed by atoms with Gasteiger partial charge in [-0.15, -0.1) is 11.3 Å². The SMILES string of the molecule is O=C(c1ccc(N2CCc3ccccc32)s1)N1CCN(c2ccc(F)cc2)CC1. The maximum Gasteiger partial charge on any atom is 0.264 e. The van der Waals surface area contributed by atoms with Crippen LogP contribution in [0.5, 0.6) is 0 Å². The Morgan fingerprint density at radius 2 is 1.62 bits per heavy atom. The average Bonchev–Trinajstić information content (AvgIpc) is 3.41. The van der Waals surface area contributed by atoms with Crippen LogP contribution in [-0.4, -0.2) is 43.5 Å². The molecular weight excluding hydrogens is 385 g/mol. The van der Waals surface area contributed by atoms with Gasteiger partial charge < -0.3 is 14.7 Å². The molecule has 0 saturated carbocycles. The number of carbonyl (C=O) groups excluding carboxylic acids is 1. The molecule has 1 saturated heterocycles. The first-order valence-electron chi connectivity index (χ1n) is 9.94. The second kappa shape index (κ2) is 7.52. The number of nitrogens with zero attached hydrogens (tertiary/aromatic N) is 3. The number of hydrogen-bond acceptors (Lipinski definition) is 4. The van der Waals surface area contributed by atoms with Gasteiger partial charge >= 0.3 is 0 Å². The lowest BCUT2D eigenvalue weighted by Crippen LogP contribution is -2.48. The van der Waals surface area contributed by atoms with E-state index < -0.39 is 0 Å². The molecular formula is C23H22FN3OS. The van der Waals surface area contributed by atoms with Gasteiger partial charge in [0.25, 0.3) is 5.91 Å². The van der Waals surface area contributed by atoms with Crippen molar-refractivity contribution in [1.82, 2.24) is 4.90 Å². The van der Waals surface area contributed by atoms with E-state index in [2.05, 4.69) is 40.1 Å². The minimum absolute atomic E-state index is 0.104. The molecule has 0 bridgehead atoms. The Bertz CT molecular complexity index is 1020. The zero-order chi connectivity index (χ0) is 19.8. The molecule has 0 aliphatic carbocycles. The van der Waals surface area contributed by atoms with Crippen LogP contribution in [0.2, 0.25) is 0 Å². The third-order valence-corrected chi connectivity index (χ3v) is 6.81. The molecule has 29 heavy (non-hydrogen) atoms. The van der Waals surface area contributed by atoms with Gasteiger partial charge in [-0.05, 0) is 54.4 Å². The zero-order valence-electron chi connectivity index (χ0n) is 16.1. The fraction of sp³-hybridized carbons (Fsp3) is 0.261. The quantitative estimate of drug-likeness (QED) is 0.638. The topological polar surface area (TPSA) is 26.8 Å². The molecule has 5 rings (SSSR count). The summed E-state index contributed by atoms with van der Waals surface area (Å²) in [6.07, 6.45) is 1.04. The number of para-hydroxylation sites is 1. The summed E-state index contributed by atoms with van der Waals surface area (Å²) in [7, 11) is 0. The van der Waals surface area contributed by atoms with E-state index in [1.165, 1.54) is 23.4 Å². The first kappa shape index (κ1) is 18.2. The maximum absolute atomic E-state index is 13.1. The summed E-state index contributed by atoms with van der Waals surface area (Å²) in [5, 5.41) is 1.13. The lowest BCUT2D eigenvalue weighted by atomic mass is 10.2. The Morgan fingerprint density at radius 1 is 0.862 bits per heavy atom. The molecule has 1 fully saturated rings. The number of fused-ring (bicyclic) bond motifs is 1. The zero-order valence-corrected chi connectivity index (χ0v) is 16.9. The van der Waals surface area contributed by atoms with E-state index in [1.807, 2.05) is 11.0 Å². The summed E-state index contributed by atoms with van der Waals surface area (Å²) in [5.41, 5.74) is 3.62. The standard InChI is InChI=1S/C23H22FN3OS/c24-18-5-7-19(8-6-18)25-13-15-26(16-14-25)23(28)21-9-10-22(29-21)27-12-11-17-3-1-2-4-20(17)27/h1-10H,11-16H2. The highest BCUT2D eigenvalue weighted by Crippen LogP contribution is 2.38. The van der Waals surface area contributed by atoms with Gasteiger partial charge in [-0.3, -0.25) is 4.79 Å². The molecule has 2 aliphatic heterocycles. The van der Waals surface area contributed by atoms with Crippen molar-refractivity contribution in [1.29, 1.82) is 0 Å². The number of benzene rings is 2. The van der Waals surface area contributed by atoms with Crippen LogP contribution in [0, 0.1) is 5.82 Å². The van der Waals surface area contributed by atoms with Gasteiger partial charge in [-0.25, -0.2) is 4.39 Å². The van der Waals surface area contributed by atoms with Gasteiger partial charge in [0.1, 0.15) is 5.82 Å². The van der Waals surface area contributed by atoms with Gasteiger partial charge in [0.15, 0.2) is 0 Å². The number of rotatable bonds is 3. The van der Waals surface area contributed by atoms with Crippen LogP contribution in [0.1, 0.15) is 15.2 Å². The highest BCUT2D eigenvalue weighted by Gasteiger charge is 2.26. The third kappa shape index (κ3) is 3.49. The van der Waals surface area contributed by atoms with Crippen molar-refractivity contribution in [3.05, 3.63) is 76.9 Å². The predicted molar refractivity (Wildman–Crippen MR) is 116 cm³/mol. The molecule has 148 valence electrons. The Hall–Kier alpha value is -2.86. The van der Waals surface area contributed by atoms with Crippen LogP contribution in [0.25, 0.3) is 0 Å². The van der Waals surface area contributed by atoms with Crippen molar-refractivity contribution in [3.8, 4) is 0 Å². The number of hydrogen-bond donors (Lipinski definition) is 0. The fourth-order valence-electron chi connectivity index (χ4n) is 4.13. The Kier molecular flexibility index (Phi) is 4.72. The first-order valence-corrected chi connectivity index (χ1v) is 10.8. The van der Waals surface area contributed by atoms with Crippen molar-refractivity contribution in [2.24, 2.45) is 0 Å². The Labute approximate surface area is 173 Å². The molecule has 0 spiro atoms. The highest BCUT2D eigenvalue weighted by atomic mass is 32.1. The lowest BCUT2D eigenvalue weighted by molar-refractivity contribution is 0.0751. The second-order valence-electron chi connectivity index (χ2n) is 7.42. The lowest BCUT2D eigenvalue weighted by Gasteiger charge is -2.36.